The van der Waals surface area contributed by atoms with Crippen LogP contribution in [0, 0.1) is 0 Å². The highest BCUT2D eigenvalue weighted by Crippen LogP contribution is 2.19. The molecule has 134 valence electrons. The minimum absolute atomic E-state index is 0.163. The number of ether oxygens (including phenoxy) is 1. The molecule has 1 N–H and O–H groups in total. The zero-order valence-corrected chi connectivity index (χ0v) is 15.8. The second-order valence-corrected chi connectivity index (χ2v) is 6.49. The van der Waals surface area contributed by atoms with Crippen LogP contribution < -0.4 is 10.1 Å². The summed E-state index contributed by atoms with van der Waals surface area (Å²) in [6, 6.07) is 14.6. The number of aromatic nitrogens is 2. The molecule has 1 amide bonds. The van der Waals surface area contributed by atoms with E-state index in [9.17, 15) is 4.79 Å². The van der Waals surface area contributed by atoms with Crippen molar-refractivity contribution in [1.82, 2.24) is 15.5 Å². The minimum Gasteiger partial charge on any atom is -0.494 e. The van der Waals surface area contributed by atoms with Gasteiger partial charge in [0.2, 0.25) is 11.7 Å². The van der Waals surface area contributed by atoms with Crippen molar-refractivity contribution >= 4 is 21.8 Å². The summed E-state index contributed by atoms with van der Waals surface area (Å²) >= 11 is 3.38. The molecule has 2 aromatic carbocycles. The number of halogens is 1. The van der Waals surface area contributed by atoms with Crippen LogP contribution in [-0.2, 0) is 6.54 Å². The average Bonchev–Trinajstić information content (AvgIpc) is 3.14. The fourth-order valence-electron chi connectivity index (χ4n) is 2.22. The summed E-state index contributed by atoms with van der Waals surface area (Å²) in [5, 5.41) is 6.71. The smallest absolute Gasteiger partial charge is 0.251 e. The van der Waals surface area contributed by atoms with Crippen molar-refractivity contribution in [2.45, 2.75) is 19.9 Å². The summed E-state index contributed by atoms with van der Waals surface area (Å²) in [6.07, 6.45) is 0.939. The highest BCUT2D eigenvalue weighted by molar-refractivity contribution is 9.10. The molecule has 6 nitrogen and oxygen atoms in total. The Kier molecular flexibility index (Phi) is 6.01. The van der Waals surface area contributed by atoms with Crippen LogP contribution in [0.3, 0.4) is 0 Å². The fraction of sp³-hybridized carbons (Fsp3) is 0.211. The Balaban J connectivity index is 1.57. The van der Waals surface area contributed by atoms with E-state index in [2.05, 4.69) is 31.4 Å². The Bertz CT molecular complexity index is 860. The number of rotatable bonds is 7. The van der Waals surface area contributed by atoms with Gasteiger partial charge in [0.05, 0.1) is 13.2 Å². The summed E-state index contributed by atoms with van der Waals surface area (Å²) in [5.41, 5.74) is 1.39. The Labute approximate surface area is 159 Å². The van der Waals surface area contributed by atoms with E-state index in [1.165, 1.54) is 0 Å². The summed E-state index contributed by atoms with van der Waals surface area (Å²) < 4.78 is 11.7. The number of carbonyl (C=O) groups excluding carboxylic acids is 1. The molecular weight excluding hydrogens is 398 g/mol. The van der Waals surface area contributed by atoms with Crippen LogP contribution in [0.4, 0.5) is 0 Å². The standard InChI is InChI=1S/C19H18BrN3O3/c1-2-11-25-16-9-5-14(6-10-16)19(24)21-12-17-22-18(23-26-17)13-3-7-15(20)8-4-13/h3-10H,2,11-12H2,1H3,(H,21,24). The lowest BCUT2D eigenvalue weighted by molar-refractivity contribution is 0.0946. The van der Waals surface area contributed by atoms with Gasteiger partial charge in [0.15, 0.2) is 0 Å². The lowest BCUT2D eigenvalue weighted by atomic mass is 10.2. The molecule has 1 heterocycles. The minimum atomic E-state index is -0.213. The van der Waals surface area contributed by atoms with Crippen LogP contribution in [0.15, 0.2) is 57.5 Å². The van der Waals surface area contributed by atoms with Crippen molar-refractivity contribution in [3.8, 4) is 17.1 Å². The molecule has 0 unspecified atom stereocenters. The van der Waals surface area contributed by atoms with E-state index < -0.39 is 0 Å². The molecule has 7 heteroatoms. The maximum atomic E-state index is 12.2. The predicted octanol–water partition coefficient (Wildman–Crippen LogP) is 4.22. The van der Waals surface area contributed by atoms with Gasteiger partial charge in [-0.05, 0) is 55.0 Å². The molecule has 1 aromatic heterocycles. The molecule has 3 aromatic rings. The summed E-state index contributed by atoms with van der Waals surface area (Å²) in [4.78, 5) is 16.5. The van der Waals surface area contributed by atoms with Crippen molar-refractivity contribution in [3.05, 3.63) is 64.5 Å². The van der Waals surface area contributed by atoms with Crippen LogP contribution in [-0.4, -0.2) is 22.7 Å². The Morgan fingerprint density at radius 1 is 1.15 bits per heavy atom. The number of nitrogens with one attached hydrogen (secondary N) is 1. The molecule has 3 rings (SSSR count). The Morgan fingerprint density at radius 2 is 1.88 bits per heavy atom. The first-order chi connectivity index (χ1) is 12.7. The number of nitrogens with zero attached hydrogens (tertiary/aromatic N) is 2. The molecule has 0 fully saturated rings. The summed E-state index contributed by atoms with van der Waals surface area (Å²) in [7, 11) is 0. The van der Waals surface area contributed by atoms with Crippen LogP contribution in [0.5, 0.6) is 5.75 Å². The molecule has 0 saturated carbocycles. The maximum absolute atomic E-state index is 12.2. The van der Waals surface area contributed by atoms with Crippen molar-refractivity contribution in [3.63, 3.8) is 0 Å². The van der Waals surface area contributed by atoms with Gasteiger partial charge in [-0.25, -0.2) is 0 Å². The van der Waals surface area contributed by atoms with E-state index in [1.54, 1.807) is 24.3 Å². The third-order valence-electron chi connectivity index (χ3n) is 3.56. The van der Waals surface area contributed by atoms with Crippen LogP contribution >= 0.6 is 15.9 Å². The molecule has 0 bridgehead atoms. The van der Waals surface area contributed by atoms with Crippen molar-refractivity contribution in [1.29, 1.82) is 0 Å². The number of hydrogen-bond acceptors (Lipinski definition) is 5. The van der Waals surface area contributed by atoms with E-state index in [0.29, 0.717) is 23.9 Å². The van der Waals surface area contributed by atoms with Gasteiger partial charge in [-0.3, -0.25) is 4.79 Å². The van der Waals surface area contributed by atoms with E-state index in [1.807, 2.05) is 31.2 Å². The van der Waals surface area contributed by atoms with Gasteiger partial charge in [0, 0.05) is 15.6 Å². The number of carbonyl (C=O) groups is 1. The molecule has 0 aliphatic rings. The van der Waals surface area contributed by atoms with Gasteiger partial charge in [-0.1, -0.05) is 28.0 Å². The molecule has 0 aliphatic heterocycles. The van der Waals surface area contributed by atoms with Gasteiger partial charge >= 0.3 is 0 Å². The van der Waals surface area contributed by atoms with Crippen LogP contribution in [0.1, 0.15) is 29.6 Å². The average molecular weight is 416 g/mol. The predicted molar refractivity (Wildman–Crippen MR) is 101 cm³/mol. The highest BCUT2D eigenvalue weighted by atomic mass is 79.9. The molecular formula is C19H18BrN3O3. The maximum Gasteiger partial charge on any atom is 0.251 e. The van der Waals surface area contributed by atoms with Gasteiger partial charge in [-0.15, -0.1) is 0 Å². The normalized spacial score (nSPS) is 10.5. The Hall–Kier alpha value is -2.67. The van der Waals surface area contributed by atoms with Gasteiger partial charge in [0.1, 0.15) is 5.75 Å². The van der Waals surface area contributed by atoms with E-state index in [4.69, 9.17) is 9.26 Å². The van der Waals surface area contributed by atoms with E-state index in [-0.39, 0.29) is 12.5 Å². The Morgan fingerprint density at radius 3 is 2.58 bits per heavy atom. The number of benzene rings is 2. The van der Waals surface area contributed by atoms with Crippen molar-refractivity contribution < 1.29 is 14.1 Å². The molecule has 0 spiro atoms. The second kappa shape index (κ2) is 8.62. The summed E-state index contributed by atoms with van der Waals surface area (Å²) in [5.74, 6) is 1.37. The number of hydrogen-bond donors (Lipinski definition) is 1. The van der Waals surface area contributed by atoms with Crippen LogP contribution in [0.2, 0.25) is 0 Å². The molecule has 0 atom stereocenters. The summed E-state index contributed by atoms with van der Waals surface area (Å²) in [6.45, 7) is 2.86. The zero-order chi connectivity index (χ0) is 18.4. The lowest BCUT2D eigenvalue weighted by Gasteiger charge is -2.06. The molecule has 0 radical (unpaired) electrons. The number of amides is 1. The first-order valence-corrected chi connectivity index (χ1v) is 9.04. The fourth-order valence-corrected chi connectivity index (χ4v) is 2.49. The topological polar surface area (TPSA) is 77.2 Å². The van der Waals surface area contributed by atoms with Crippen molar-refractivity contribution in [2.24, 2.45) is 0 Å². The van der Waals surface area contributed by atoms with Gasteiger partial charge in [-0.2, -0.15) is 4.98 Å². The first-order valence-electron chi connectivity index (χ1n) is 8.25. The monoisotopic (exact) mass is 415 g/mol. The van der Waals surface area contributed by atoms with E-state index >= 15 is 0 Å². The largest absolute Gasteiger partial charge is 0.494 e. The first kappa shape index (κ1) is 18.1. The molecule has 0 aliphatic carbocycles. The third kappa shape index (κ3) is 4.70. The van der Waals surface area contributed by atoms with Gasteiger partial charge in [0.25, 0.3) is 5.91 Å². The lowest BCUT2D eigenvalue weighted by Crippen LogP contribution is -2.22. The SMILES string of the molecule is CCCOc1ccc(C(=O)NCc2nc(-c3ccc(Br)cc3)no2)cc1. The quantitative estimate of drug-likeness (QED) is 0.624. The van der Waals surface area contributed by atoms with Gasteiger partial charge < -0.3 is 14.6 Å². The highest BCUT2D eigenvalue weighted by Gasteiger charge is 2.11. The zero-order valence-electron chi connectivity index (χ0n) is 14.2. The molecule has 0 saturated heterocycles. The van der Waals surface area contributed by atoms with Crippen molar-refractivity contribution in [2.75, 3.05) is 6.61 Å². The van der Waals surface area contributed by atoms with E-state index in [0.717, 1.165) is 22.2 Å². The second-order valence-electron chi connectivity index (χ2n) is 5.57. The molecule has 26 heavy (non-hydrogen) atoms. The third-order valence-corrected chi connectivity index (χ3v) is 4.09. The van der Waals surface area contributed by atoms with Crippen LogP contribution in [0.25, 0.3) is 11.4 Å².